The highest BCUT2D eigenvalue weighted by atomic mass is 35.5. The lowest BCUT2D eigenvalue weighted by atomic mass is 10.1. The van der Waals surface area contributed by atoms with Gasteiger partial charge in [-0.15, -0.1) is 0 Å². The SMILES string of the molecule is O=C(CCc1ccc2oc(=O)[nH]c2c1)Nc1cccc(Cl)c1. The molecule has 112 valence electrons. The number of halogens is 1. The zero-order chi connectivity index (χ0) is 15.5. The van der Waals surface area contributed by atoms with Crippen LogP contribution in [0.5, 0.6) is 0 Å². The van der Waals surface area contributed by atoms with Crippen molar-refractivity contribution >= 4 is 34.3 Å². The zero-order valence-corrected chi connectivity index (χ0v) is 12.3. The highest BCUT2D eigenvalue weighted by Crippen LogP contribution is 2.16. The van der Waals surface area contributed by atoms with E-state index >= 15 is 0 Å². The van der Waals surface area contributed by atoms with Crippen molar-refractivity contribution in [1.29, 1.82) is 0 Å². The van der Waals surface area contributed by atoms with Crippen LogP contribution in [0, 0.1) is 0 Å². The van der Waals surface area contributed by atoms with Crippen molar-refractivity contribution in [3.63, 3.8) is 0 Å². The molecule has 1 heterocycles. The molecule has 0 saturated carbocycles. The van der Waals surface area contributed by atoms with Crippen LogP contribution in [-0.2, 0) is 11.2 Å². The smallest absolute Gasteiger partial charge is 0.408 e. The quantitative estimate of drug-likeness (QED) is 0.775. The number of aryl methyl sites for hydroxylation is 1. The van der Waals surface area contributed by atoms with E-state index in [-0.39, 0.29) is 5.91 Å². The van der Waals surface area contributed by atoms with Crippen molar-refractivity contribution in [2.75, 3.05) is 5.32 Å². The first-order chi connectivity index (χ1) is 10.6. The minimum absolute atomic E-state index is 0.0944. The van der Waals surface area contributed by atoms with Crippen LogP contribution in [0.1, 0.15) is 12.0 Å². The Morgan fingerprint density at radius 3 is 2.91 bits per heavy atom. The summed E-state index contributed by atoms with van der Waals surface area (Å²) < 4.78 is 4.94. The van der Waals surface area contributed by atoms with Crippen LogP contribution in [-0.4, -0.2) is 10.9 Å². The maximum Gasteiger partial charge on any atom is 0.417 e. The fourth-order valence-corrected chi connectivity index (χ4v) is 2.39. The third kappa shape index (κ3) is 3.38. The summed E-state index contributed by atoms with van der Waals surface area (Å²) >= 11 is 5.87. The van der Waals surface area contributed by atoms with Gasteiger partial charge in [0.2, 0.25) is 5.91 Å². The molecule has 0 aliphatic carbocycles. The highest BCUT2D eigenvalue weighted by Gasteiger charge is 2.06. The summed E-state index contributed by atoms with van der Waals surface area (Å²) in [5.41, 5.74) is 2.77. The van der Waals surface area contributed by atoms with Gasteiger partial charge in [0, 0.05) is 17.1 Å². The van der Waals surface area contributed by atoms with Gasteiger partial charge in [-0.25, -0.2) is 4.79 Å². The predicted molar refractivity (Wildman–Crippen MR) is 85.2 cm³/mol. The minimum Gasteiger partial charge on any atom is -0.408 e. The maximum absolute atomic E-state index is 11.9. The molecule has 0 saturated heterocycles. The van der Waals surface area contributed by atoms with Crippen LogP contribution >= 0.6 is 11.6 Å². The summed E-state index contributed by atoms with van der Waals surface area (Å²) in [6.07, 6.45) is 0.898. The van der Waals surface area contributed by atoms with Gasteiger partial charge >= 0.3 is 5.76 Å². The number of benzene rings is 2. The van der Waals surface area contributed by atoms with E-state index in [9.17, 15) is 9.59 Å². The van der Waals surface area contributed by atoms with Crippen molar-refractivity contribution in [2.45, 2.75) is 12.8 Å². The van der Waals surface area contributed by atoms with Crippen molar-refractivity contribution in [3.05, 3.63) is 63.6 Å². The summed E-state index contributed by atoms with van der Waals surface area (Å²) in [5.74, 6) is -0.575. The molecule has 3 rings (SSSR count). The molecule has 0 aliphatic rings. The Morgan fingerprint density at radius 1 is 1.23 bits per heavy atom. The van der Waals surface area contributed by atoms with Gasteiger partial charge in [0.05, 0.1) is 5.52 Å². The molecule has 0 radical (unpaired) electrons. The first-order valence-electron chi connectivity index (χ1n) is 6.77. The minimum atomic E-state index is -0.481. The second-order valence-electron chi connectivity index (χ2n) is 4.90. The molecule has 0 spiro atoms. The second kappa shape index (κ2) is 6.07. The number of carbonyl (C=O) groups is 1. The average Bonchev–Trinajstić information content (AvgIpc) is 2.84. The van der Waals surface area contributed by atoms with Gasteiger partial charge in [-0.2, -0.15) is 0 Å². The monoisotopic (exact) mass is 316 g/mol. The molecule has 3 aromatic rings. The number of fused-ring (bicyclic) bond motifs is 1. The van der Waals surface area contributed by atoms with Gasteiger partial charge < -0.3 is 9.73 Å². The first kappa shape index (κ1) is 14.4. The Balaban J connectivity index is 1.63. The van der Waals surface area contributed by atoms with E-state index in [0.29, 0.717) is 34.7 Å². The summed E-state index contributed by atoms with van der Waals surface area (Å²) in [6.45, 7) is 0. The van der Waals surface area contributed by atoms with Crippen molar-refractivity contribution in [3.8, 4) is 0 Å². The van der Waals surface area contributed by atoms with Crippen LogP contribution in [0.2, 0.25) is 5.02 Å². The fraction of sp³-hybridized carbons (Fsp3) is 0.125. The van der Waals surface area contributed by atoms with Crippen LogP contribution in [0.15, 0.2) is 51.7 Å². The van der Waals surface area contributed by atoms with Crippen LogP contribution < -0.4 is 11.1 Å². The number of aromatic amines is 1. The number of hydrogen-bond donors (Lipinski definition) is 2. The number of carbonyl (C=O) groups excluding carboxylic acids is 1. The summed E-state index contributed by atoms with van der Waals surface area (Å²) in [4.78, 5) is 25.6. The van der Waals surface area contributed by atoms with E-state index in [4.69, 9.17) is 16.0 Å². The molecule has 1 aromatic heterocycles. The molecule has 2 aromatic carbocycles. The molecule has 1 amide bonds. The Morgan fingerprint density at radius 2 is 2.09 bits per heavy atom. The van der Waals surface area contributed by atoms with E-state index in [2.05, 4.69) is 10.3 Å². The lowest BCUT2D eigenvalue weighted by Gasteiger charge is -2.05. The third-order valence-corrected chi connectivity index (χ3v) is 3.47. The average molecular weight is 317 g/mol. The number of hydrogen-bond acceptors (Lipinski definition) is 3. The number of aromatic nitrogens is 1. The third-order valence-electron chi connectivity index (χ3n) is 3.23. The number of H-pyrrole nitrogens is 1. The second-order valence-corrected chi connectivity index (χ2v) is 5.34. The van der Waals surface area contributed by atoms with Gasteiger partial charge in [0.15, 0.2) is 5.58 Å². The predicted octanol–water partition coefficient (Wildman–Crippen LogP) is 3.35. The molecular weight excluding hydrogens is 304 g/mol. The Labute approximate surface area is 130 Å². The van der Waals surface area contributed by atoms with E-state index in [1.807, 2.05) is 12.1 Å². The summed E-state index contributed by atoms with van der Waals surface area (Å²) in [5, 5.41) is 3.37. The molecule has 0 fully saturated rings. The summed E-state index contributed by atoms with van der Waals surface area (Å²) in [7, 11) is 0. The standard InChI is InChI=1S/C16H13ClN2O3/c17-11-2-1-3-12(9-11)18-15(20)7-5-10-4-6-14-13(8-10)19-16(21)22-14/h1-4,6,8-9H,5,7H2,(H,18,20)(H,19,21). The molecule has 0 atom stereocenters. The molecule has 0 aliphatic heterocycles. The Bertz CT molecular complexity index is 882. The van der Waals surface area contributed by atoms with Crippen molar-refractivity contribution in [2.24, 2.45) is 0 Å². The first-order valence-corrected chi connectivity index (χ1v) is 7.15. The number of nitrogens with one attached hydrogen (secondary N) is 2. The van der Waals surface area contributed by atoms with Crippen LogP contribution in [0.25, 0.3) is 11.1 Å². The molecular formula is C16H13ClN2O3. The van der Waals surface area contributed by atoms with E-state index in [1.54, 1.807) is 30.3 Å². The van der Waals surface area contributed by atoms with E-state index in [0.717, 1.165) is 5.56 Å². The topological polar surface area (TPSA) is 75.1 Å². The number of amides is 1. The van der Waals surface area contributed by atoms with Gasteiger partial charge in [-0.1, -0.05) is 23.7 Å². The van der Waals surface area contributed by atoms with Crippen LogP contribution in [0.3, 0.4) is 0 Å². The van der Waals surface area contributed by atoms with Crippen molar-refractivity contribution < 1.29 is 9.21 Å². The maximum atomic E-state index is 11.9. The largest absolute Gasteiger partial charge is 0.417 e. The summed E-state index contributed by atoms with van der Waals surface area (Å²) in [6, 6.07) is 12.4. The number of rotatable bonds is 4. The van der Waals surface area contributed by atoms with E-state index < -0.39 is 5.76 Å². The molecule has 0 bridgehead atoms. The Hall–Kier alpha value is -2.53. The van der Waals surface area contributed by atoms with Gasteiger partial charge in [0.25, 0.3) is 0 Å². The van der Waals surface area contributed by atoms with Gasteiger partial charge in [0.1, 0.15) is 0 Å². The van der Waals surface area contributed by atoms with Gasteiger partial charge in [-0.05, 0) is 42.3 Å². The molecule has 6 heteroatoms. The lowest BCUT2D eigenvalue weighted by molar-refractivity contribution is -0.116. The zero-order valence-electron chi connectivity index (χ0n) is 11.6. The number of anilines is 1. The van der Waals surface area contributed by atoms with Gasteiger partial charge in [-0.3, -0.25) is 9.78 Å². The molecule has 0 unspecified atom stereocenters. The Kier molecular flexibility index (Phi) is 3.98. The molecule has 2 N–H and O–H groups in total. The normalized spacial score (nSPS) is 10.8. The highest BCUT2D eigenvalue weighted by molar-refractivity contribution is 6.30. The van der Waals surface area contributed by atoms with E-state index in [1.165, 1.54) is 0 Å². The molecule has 22 heavy (non-hydrogen) atoms. The van der Waals surface area contributed by atoms with Crippen LogP contribution in [0.4, 0.5) is 5.69 Å². The fourth-order valence-electron chi connectivity index (χ4n) is 2.20. The molecule has 5 nitrogen and oxygen atoms in total. The van der Waals surface area contributed by atoms with Crippen molar-refractivity contribution in [1.82, 2.24) is 4.98 Å². The lowest BCUT2D eigenvalue weighted by Crippen LogP contribution is -2.12. The number of oxazole rings is 1.